The predicted octanol–water partition coefficient (Wildman–Crippen LogP) is 3.43. The van der Waals surface area contributed by atoms with E-state index in [4.69, 9.17) is 0 Å². The lowest BCUT2D eigenvalue weighted by atomic mass is 10.2. The molecule has 1 aromatic rings. The highest BCUT2D eigenvalue weighted by molar-refractivity contribution is 9.10. The van der Waals surface area contributed by atoms with E-state index in [0.717, 1.165) is 12.2 Å². The number of thiol groups is 1. The molecule has 0 aromatic carbocycles. The molecule has 0 aliphatic carbocycles. The molecule has 0 saturated heterocycles. The van der Waals surface area contributed by atoms with Gasteiger partial charge in [0, 0.05) is 20.8 Å². The van der Waals surface area contributed by atoms with E-state index in [1.807, 2.05) is 0 Å². The molecular formula is C9H14BrNS2. The second kappa shape index (κ2) is 5.39. The molecule has 0 amide bonds. The summed E-state index contributed by atoms with van der Waals surface area (Å²) in [4.78, 5) is 3.65. The van der Waals surface area contributed by atoms with Gasteiger partial charge in [-0.2, -0.15) is 12.6 Å². The van der Waals surface area contributed by atoms with Crippen molar-refractivity contribution < 1.29 is 0 Å². The summed E-state index contributed by atoms with van der Waals surface area (Å²) in [5, 5.41) is 2.13. The molecule has 1 aromatic heterocycles. The Bertz CT molecular complexity index is 260. The molecule has 1 unspecified atom stereocenters. The van der Waals surface area contributed by atoms with Crippen molar-refractivity contribution in [1.29, 1.82) is 0 Å². The molecule has 0 aliphatic heterocycles. The molecule has 1 heterocycles. The van der Waals surface area contributed by atoms with Gasteiger partial charge in [0.15, 0.2) is 0 Å². The first kappa shape index (κ1) is 11.6. The molecule has 0 spiro atoms. The molecule has 1 atom stereocenters. The second-order valence-electron chi connectivity index (χ2n) is 3.16. The van der Waals surface area contributed by atoms with Crippen LogP contribution in [0, 0.1) is 0 Å². The van der Waals surface area contributed by atoms with Crippen molar-refractivity contribution in [2.75, 3.05) is 19.8 Å². The van der Waals surface area contributed by atoms with Gasteiger partial charge in [0.1, 0.15) is 0 Å². The average molecular weight is 280 g/mol. The summed E-state index contributed by atoms with van der Waals surface area (Å²) < 4.78 is 1.18. The van der Waals surface area contributed by atoms with Gasteiger partial charge in [0.2, 0.25) is 0 Å². The van der Waals surface area contributed by atoms with Crippen molar-refractivity contribution in [1.82, 2.24) is 4.90 Å². The van der Waals surface area contributed by atoms with Crippen molar-refractivity contribution in [2.45, 2.75) is 12.5 Å². The summed E-state index contributed by atoms with van der Waals surface area (Å²) in [5.74, 6) is 0.929. The minimum absolute atomic E-state index is 0.508. The predicted molar refractivity (Wildman–Crippen MR) is 66.9 cm³/mol. The van der Waals surface area contributed by atoms with Gasteiger partial charge in [0.05, 0.1) is 0 Å². The summed E-state index contributed by atoms with van der Waals surface area (Å²) in [6, 6.07) is 2.70. The zero-order valence-corrected chi connectivity index (χ0v) is 11.1. The van der Waals surface area contributed by atoms with Gasteiger partial charge < -0.3 is 4.90 Å². The summed E-state index contributed by atoms with van der Waals surface area (Å²) in [5.41, 5.74) is 0. The van der Waals surface area contributed by atoms with Crippen LogP contribution >= 0.6 is 39.9 Å². The van der Waals surface area contributed by atoms with Crippen molar-refractivity contribution in [3.8, 4) is 0 Å². The van der Waals surface area contributed by atoms with Crippen molar-refractivity contribution in [3.05, 3.63) is 20.8 Å². The normalized spacial score (nSPS) is 13.6. The highest BCUT2D eigenvalue weighted by Gasteiger charge is 2.14. The maximum Gasteiger partial charge on any atom is 0.0443 e. The van der Waals surface area contributed by atoms with Gasteiger partial charge in [-0.05, 0) is 48.3 Å². The molecule has 0 saturated carbocycles. The summed E-state index contributed by atoms with van der Waals surface area (Å²) in [6.45, 7) is 0. The third-order valence-corrected chi connectivity index (χ3v) is 4.00. The summed E-state index contributed by atoms with van der Waals surface area (Å²) >= 11 is 9.55. The van der Waals surface area contributed by atoms with Crippen LogP contribution in [0.1, 0.15) is 17.3 Å². The Morgan fingerprint density at radius 2 is 2.31 bits per heavy atom. The second-order valence-corrected chi connectivity index (χ2v) is 5.46. The zero-order chi connectivity index (χ0) is 9.84. The number of rotatable bonds is 4. The molecule has 13 heavy (non-hydrogen) atoms. The van der Waals surface area contributed by atoms with Gasteiger partial charge in [-0.1, -0.05) is 0 Å². The van der Waals surface area contributed by atoms with Crippen LogP contribution < -0.4 is 0 Å². The first-order valence-corrected chi connectivity index (χ1v) is 6.47. The van der Waals surface area contributed by atoms with Gasteiger partial charge in [-0.25, -0.2) is 0 Å². The van der Waals surface area contributed by atoms with Gasteiger partial charge in [0.25, 0.3) is 0 Å². The third kappa shape index (κ3) is 3.27. The standard InChI is InChI=1S/C9H14BrNS2/c1-11(2)8(3-4-12)9-5-7(10)6-13-9/h5-6,8,12H,3-4H2,1-2H3. The van der Waals surface area contributed by atoms with Gasteiger partial charge in [-0.3, -0.25) is 0 Å². The van der Waals surface area contributed by atoms with Crippen LogP contribution in [0.3, 0.4) is 0 Å². The topological polar surface area (TPSA) is 3.24 Å². The van der Waals surface area contributed by atoms with E-state index in [9.17, 15) is 0 Å². The lowest BCUT2D eigenvalue weighted by Gasteiger charge is -2.22. The number of hydrogen-bond donors (Lipinski definition) is 1. The van der Waals surface area contributed by atoms with E-state index in [0.29, 0.717) is 6.04 Å². The molecule has 4 heteroatoms. The quantitative estimate of drug-likeness (QED) is 0.827. The first-order valence-electron chi connectivity index (χ1n) is 4.16. The Morgan fingerprint density at radius 3 is 2.69 bits per heavy atom. The molecule has 1 rings (SSSR count). The van der Waals surface area contributed by atoms with Crippen molar-refractivity contribution in [3.63, 3.8) is 0 Å². The van der Waals surface area contributed by atoms with Crippen LogP contribution in [0.25, 0.3) is 0 Å². The number of hydrogen-bond acceptors (Lipinski definition) is 3. The maximum atomic E-state index is 4.28. The molecule has 0 bridgehead atoms. The van der Waals surface area contributed by atoms with Crippen molar-refractivity contribution >= 4 is 39.9 Å². The number of nitrogens with zero attached hydrogens (tertiary/aromatic N) is 1. The van der Waals surface area contributed by atoms with E-state index < -0.39 is 0 Å². The van der Waals surface area contributed by atoms with E-state index in [1.165, 1.54) is 9.35 Å². The lowest BCUT2D eigenvalue weighted by Crippen LogP contribution is -2.19. The highest BCUT2D eigenvalue weighted by Crippen LogP contribution is 2.30. The zero-order valence-electron chi connectivity index (χ0n) is 7.83. The molecule has 0 N–H and O–H groups in total. The Hall–Kier alpha value is 0.490. The fraction of sp³-hybridized carbons (Fsp3) is 0.556. The average Bonchev–Trinajstić information content (AvgIpc) is 2.46. The van der Waals surface area contributed by atoms with E-state index in [-0.39, 0.29) is 0 Å². The SMILES string of the molecule is CN(C)C(CCS)c1cc(Br)cs1. The van der Waals surface area contributed by atoms with Gasteiger partial charge >= 0.3 is 0 Å². The summed E-state index contributed by atoms with van der Waals surface area (Å²) in [7, 11) is 4.23. The smallest absolute Gasteiger partial charge is 0.0443 e. The molecule has 0 fully saturated rings. The highest BCUT2D eigenvalue weighted by atomic mass is 79.9. The summed E-state index contributed by atoms with van der Waals surface area (Å²) in [6.07, 6.45) is 1.10. The molecule has 74 valence electrons. The number of thiophene rings is 1. The fourth-order valence-corrected chi connectivity index (χ4v) is 3.20. The van der Waals surface area contributed by atoms with E-state index in [2.05, 4.69) is 59.0 Å². The molecule has 0 aliphatic rings. The fourth-order valence-electron chi connectivity index (χ4n) is 1.28. The largest absolute Gasteiger partial charge is 0.302 e. The van der Waals surface area contributed by atoms with Gasteiger partial charge in [-0.15, -0.1) is 11.3 Å². The monoisotopic (exact) mass is 279 g/mol. The molecule has 0 radical (unpaired) electrons. The van der Waals surface area contributed by atoms with Crippen LogP contribution in [0.15, 0.2) is 15.9 Å². The van der Waals surface area contributed by atoms with Crippen LogP contribution in [-0.2, 0) is 0 Å². The minimum atomic E-state index is 0.508. The molecular weight excluding hydrogens is 266 g/mol. The Labute approximate surface area is 97.7 Å². The molecule has 1 nitrogen and oxygen atoms in total. The Balaban J connectivity index is 2.75. The third-order valence-electron chi connectivity index (χ3n) is 1.94. The van der Waals surface area contributed by atoms with Crippen LogP contribution in [0.2, 0.25) is 0 Å². The van der Waals surface area contributed by atoms with Crippen LogP contribution in [0.4, 0.5) is 0 Å². The minimum Gasteiger partial charge on any atom is -0.302 e. The first-order chi connectivity index (χ1) is 6.15. The van der Waals surface area contributed by atoms with Crippen LogP contribution in [-0.4, -0.2) is 24.7 Å². The van der Waals surface area contributed by atoms with Crippen LogP contribution in [0.5, 0.6) is 0 Å². The lowest BCUT2D eigenvalue weighted by molar-refractivity contribution is 0.298. The maximum absolute atomic E-state index is 4.28. The Kier molecular flexibility index (Phi) is 4.80. The van der Waals surface area contributed by atoms with E-state index >= 15 is 0 Å². The Morgan fingerprint density at radius 1 is 1.62 bits per heavy atom. The van der Waals surface area contributed by atoms with Crippen molar-refractivity contribution in [2.24, 2.45) is 0 Å². The van der Waals surface area contributed by atoms with E-state index in [1.54, 1.807) is 11.3 Å². The number of halogens is 1.